The molecule has 118 valence electrons. The molecule has 0 bridgehead atoms. The zero-order valence-corrected chi connectivity index (χ0v) is 13.2. The van der Waals surface area contributed by atoms with Crippen LogP contribution in [0, 0.1) is 6.92 Å². The molecule has 7 heteroatoms. The van der Waals surface area contributed by atoms with Crippen molar-refractivity contribution in [1.82, 2.24) is 10.6 Å². The number of carbonyl (C=O) groups excluding carboxylic acids is 2. The van der Waals surface area contributed by atoms with Crippen LogP contribution < -0.4 is 15.4 Å². The van der Waals surface area contributed by atoms with Gasteiger partial charge in [0.25, 0.3) is 5.91 Å². The van der Waals surface area contributed by atoms with Crippen LogP contribution in [0.3, 0.4) is 0 Å². The fourth-order valence-corrected chi connectivity index (χ4v) is 1.56. The second-order valence-electron chi connectivity index (χ2n) is 4.23. The zero-order valence-electron chi connectivity index (χ0n) is 12.4. The molecule has 0 spiro atoms. The molecule has 1 rings (SSSR count). The topological polar surface area (TPSA) is 76.7 Å². The lowest BCUT2D eigenvalue weighted by atomic mass is 10.1. The molecular formula is C14H21ClN2O4. The summed E-state index contributed by atoms with van der Waals surface area (Å²) in [5.74, 6) is -0.387. The van der Waals surface area contributed by atoms with E-state index in [1.807, 2.05) is 6.92 Å². The maximum atomic E-state index is 11.6. The molecule has 6 nitrogen and oxygen atoms in total. The third-order valence-corrected chi connectivity index (χ3v) is 2.60. The van der Waals surface area contributed by atoms with E-state index in [9.17, 15) is 9.59 Å². The van der Waals surface area contributed by atoms with E-state index in [1.165, 1.54) is 7.11 Å². The number of rotatable bonds is 7. The second-order valence-corrected chi connectivity index (χ2v) is 4.23. The van der Waals surface area contributed by atoms with Gasteiger partial charge in [0.05, 0.1) is 7.11 Å². The standard InChI is InChI=1S/C14H20N2O4.ClH/c1-10-4-5-12(11(8-10)14(18)19-3)20-9-13(17)16-7-6-15-2;/h4-5,8,15H,6-7,9H2,1-3H3,(H,16,17);1H. The van der Waals surface area contributed by atoms with Crippen LogP contribution >= 0.6 is 12.4 Å². The number of hydrogen-bond acceptors (Lipinski definition) is 5. The van der Waals surface area contributed by atoms with E-state index in [0.717, 1.165) is 5.56 Å². The molecule has 0 aromatic heterocycles. The first kappa shape index (κ1) is 19.2. The Morgan fingerprint density at radius 3 is 2.57 bits per heavy atom. The van der Waals surface area contributed by atoms with Gasteiger partial charge in [-0.05, 0) is 26.1 Å². The van der Waals surface area contributed by atoms with Gasteiger partial charge in [0, 0.05) is 13.1 Å². The molecule has 0 aliphatic heterocycles. The molecule has 0 aliphatic carbocycles. The Hall–Kier alpha value is -1.79. The summed E-state index contributed by atoms with van der Waals surface area (Å²) in [4.78, 5) is 23.2. The van der Waals surface area contributed by atoms with E-state index in [4.69, 9.17) is 9.47 Å². The van der Waals surface area contributed by atoms with Crippen LogP contribution in [0.25, 0.3) is 0 Å². The number of likely N-dealkylation sites (N-methyl/N-ethyl adjacent to an activating group) is 1. The van der Waals surface area contributed by atoms with Crippen LogP contribution in [0.15, 0.2) is 18.2 Å². The van der Waals surface area contributed by atoms with Gasteiger partial charge >= 0.3 is 5.97 Å². The van der Waals surface area contributed by atoms with Crippen LogP contribution in [0.4, 0.5) is 0 Å². The first-order chi connectivity index (χ1) is 9.58. The summed E-state index contributed by atoms with van der Waals surface area (Å²) in [6.45, 7) is 2.93. The van der Waals surface area contributed by atoms with Crippen molar-refractivity contribution >= 4 is 24.3 Å². The first-order valence-electron chi connectivity index (χ1n) is 6.31. The van der Waals surface area contributed by atoms with Crippen LogP contribution in [-0.4, -0.2) is 45.7 Å². The van der Waals surface area contributed by atoms with Crippen LogP contribution in [0.5, 0.6) is 5.75 Å². The van der Waals surface area contributed by atoms with Crippen molar-refractivity contribution < 1.29 is 19.1 Å². The molecule has 21 heavy (non-hydrogen) atoms. The van der Waals surface area contributed by atoms with E-state index >= 15 is 0 Å². The van der Waals surface area contributed by atoms with Crippen LogP contribution in [0.1, 0.15) is 15.9 Å². The number of benzene rings is 1. The lowest BCUT2D eigenvalue weighted by Crippen LogP contribution is -2.34. The Balaban J connectivity index is 0.00000400. The van der Waals surface area contributed by atoms with Crippen molar-refractivity contribution in [3.63, 3.8) is 0 Å². The second kappa shape index (κ2) is 10.0. The first-order valence-corrected chi connectivity index (χ1v) is 6.31. The van der Waals surface area contributed by atoms with E-state index in [-0.39, 0.29) is 24.9 Å². The number of nitrogens with one attached hydrogen (secondary N) is 2. The van der Waals surface area contributed by atoms with Crippen LogP contribution in [0.2, 0.25) is 0 Å². The maximum absolute atomic E-state index is 11.6. The molecule has 1 amide bonds. The van der Waals surface area contributed by atoms with Gasteiger partial charge in [-0.3, -0.25) is 4.79 Å². The van der Waals surface area contributed by atoms with Crippen LogP contribution in [-0.2, 0) is 9.53 Å². The molecule has 0 unspecified atom stereocenters. The van der Waals surface area contributed by atoms with Crippen molar-refractivity contribution in [3.8, 4) is 5.75 Å². The summed E-state index contributed by atoms with van der Waals surface area (Å²) < 4.78 is 10.1. The van der Waals surface area contributed by atoms with Gasteiger partial charge in [-0.15, -0.1) is 12.4 Å². The summed E-state index contributed by atoms with van der Waals surface area (Å²) in [7, 11) is 3.11. The number of methoxy groups -OCH3 is 1. The lowest BCUT2D eigenvalue weighted by molar-refractivity contribution is -0.123. The summed E-state index contributed by atoms with van der Waals surface area (Å²) in [5.41, 5.74) is 1.23. The Morgan fingerprint density at radius 1 is 1.24 bits per heavy atom. The van der Waals surface area contributed by atoms with Gasteiger partial charge in [-0.2, -0.15) is 0 Å². The smallest absolute Gasteiger partial charge is 0.341 e. The minimum atomic E-state index is -0.487. The predicted octanol–water partition coefficient (Wildman–Crippen LogP) is 0.918. The summed E-state index contributed by atoms with van der Waals surface area (Å²) in [5, 5.41) is 5.60. The number of carbonyl (C=O) groups is 2. The molecule has 0 fully saturated rings. The number of esters is 1. The Kier molecular flexibility index (Phi) is 9.16. The largest absolute Gasteiger partial charge is 0.483 e. The minimum Gasteiger partial charge on any atom is -0.483 e. The molecule has 0 saturated heterocycles. The van der Waals surface area contributed by atoms with Gasteiger partial charge < -0.3 is 20.1 Å². The highest BCUT2D eigenvalue weighted by molar-refractivity contribution is 5.92. The fourth-order valence-electron chi connectivity index (χ4n) is 1.56. The van der Waals surface area contributed by atoms with Gasteiger partial charge in [-0.25, -0.2) is 4.79 Å². The maximum Gasteiger partial charge on any atom is 0.341 e. The van der Waals surface area contributed by atoms with Gasteiger partial charge in [0.1, 0.15) is 11.3 Å². The highest BCUT2D eigenvalue weighted by Crippen LogP contribution is 2.20. The number of halogens is 1. The Morgan fingerprint density at radius 2 is 1.95 bits per heavy atom. The number of aryl methyl sites for hydroxylation is 1. The van der Waals surface area contributed by atoms with E-state index in [2.05, 4.69) is 10.6 Å². The highest BCUT2D eigenvalue weighted by Gasteiger charge is 2.14. The predicted molar refractivity (Wildman–Crippen MR) is 82.2 cm³/mol. The van der Waals surface area contributed by atoms with Gasteiger partial charge in [0.15, 0.2) is 6.61 Å². The third kappa shape index (κ3) is 6.46. The number of amides is 1. The molecule has 0 atom stereocenters. The number of hydrogen-bond donors (Lipinski definition) is 2. The molecule has 0 aliphatic rings. The minimum absolute atomic E-state index is 0. The van der Waals surface area contributed by atoms with Crippen molar-refractivity contribution in [2.75, 3.05) is 33.9 Å². The summed E-state index contributed by atoms with van der Waals surface area (Å²) in [6.07, 6.45) is 0. The lowest BCUT2D eigenvalue weighted by Gasteiger charge is -2.11. The average molecular weight is 317 g/mol. The van der Waals surface area contributed by atoms with Gasteiger partial charge in [-0.1, -0.05) is 11.6 Å². The highest BCUT2D eigenvalue weighted by atomic mass is 35.5. The van der Waals surface area contributed by atoms with E-state index in [1.54, 1.807) is 25.2 Å². The van der Waals surface area contributed by atoms with Crippen molar-refractivity contribution in [3.05, 3.63) is 29.3 Å². The van der Waals surface area contributed by atoms with Gasteiger partial charge in [0.2, 0.25) is 0 Å². The Bertz CT molecular complexity index is 480. The SMILES string of the molecule is CNCCNC(=O)COc1ccc(C)cc1C(=O)OC.Cl. The zero-order chi connectivity index (χ0) is 15.0. The Labute approximate surface area is 130 Å². The average Bonchev–Trinajstić information content (AvgIpc) is 2.45. The number of ether oxygens (including phenoxy) is 2. The van der Waals surface area contributed by atoms with E-state index < -0.39 is 5.97 Å². The monoisotopic (exact) mass is 316 g/mol. The summed E-state index contributed by atoms with van der Waals surface area (Å²) >= 11 is 0. The molecule has 2 N–H and O–H groups in total. The molecular weight excluding hydrogens is 296 g/mol. The molecule has 1 aromatic carbocycles. The quantitative estimate of drug-likeness (QED) is 0.578. The molecule has 0 saturated carbocycles. The molecule has 1 aromatic rings. The van der Waals surface area contributed by atoms with Crippen molar-refractivity contribution in [1.29, 1.82) is 0 Å². The molecule has 0 radical (unpaired) electrons. The van der Waals surface area contributed by atoms with E-state index in [0.29, 0.717) is 24.4 Å². The van der Waals surface area contributed by atoms with Crippen molar-refractivity contribution in [2.24, 2.45) is 0 Å². The third-order valence-electron chi connectivity index (χ3n) is 2.60. The van der Waals surface area contributed by atoms with Crippen molar-refractivity contribution in [2.45, 2.75) is 6.92 Å². The molecule has 0 heterocycles. The fraction of sp³-hybridized carbons (Fsp3) is 0.429. The normalized spacial score (nSPS) is 9.48. The summed E-state index contributed by atoms with van der Waals surface area (Å²) in [6, 6.07) is 5.13.